The van der Waals surface area contributed by atoms with Gasteiger partial charge in [-0.15, -0.1) is 0 Å². The summed E-state index contributed by atoms with van der Waals surface area (Å²) in [6.45, 7) is 3.55. The van der Waals surface area contributed by atoms with Crippen LogP contribution in [0.1, 0.15) is 19.4 Å². The molecule has 3 rings (SSSR count). The van der Waals surface area contributed by atoms with E-state index in [2.05, 4.69) is 0 Å². The first-order chi connectivity index (χ1) is 15.7. The van der Waals surface area contributed by atoms with Crippen LogP contribution in [0.25, 0.3) is 11.1 Å². The quantitative estimate of drug-likeness (QED) is 0.412. The fraction of sp³-hybridized carbons (Fsp3) is 0.250. The number of halogens is 3. The molecular weight excluding hydrogens is 487 g/mol. The molecule has 0 aliphatic carbocycles. The molecule has 0 unspecified atom stereocenters. The van der Waals surface area contributed by atoms with Crippen LogP contribution in [0.5, 0.6) is 0 Å². The maximum Gasteiger partial charge on any atom is 0.416 e. The van der Waals surface area contributed by atoms with E-state index >= 15 is 0 Å². The van der Waals surface area contributed by atoms with Gasteiger partial charge in [-0.1, -0.05) is 44.2 Å². The van der Waals surface area contributed by atoms with Gasteiger partial charge in [-0.05, 0) is 59.5 Å². The lowest BCUT2D eigenvalue weighted by molar-refractivity contribution is -0.137. The number of alkyl halides is 3. The van der Waals surface area contributed by atoms with Crippen LogP contribution < -0.4 is 4.31 Å². The normalized spacial score (nSPS) is 12.7. The summed E-state index contributed by atoms with van der Waals surface area (Å²) in [5, 5.41) is 0. The monoisotopic (exact) mass is 511 g/mol. The summed E-state index contributed by atoms with van der Waals surface area (Å²) in [6, 6.07) is 16.3. The second-order valence-electron chi connectivity index (χ2n) is 8.30. The minimum Gasteiger partial charge on any atom is -0.266 e. The Bertz CT molecular complexity index is 1360. The standard InChI is InChI=1S/C24H24F3NO4S2/c1-17(2)16-28(21-6-4-5-20(15-21)24(25,26)27)34(31,32)23-13-9-19(10-14-23)18-7-11-22(12-8-18)33(3,29)30/h4-15,17H,16H2,1-3H3. The van der Waals surface area contributed by atoms with Crippen molar-refractivity contribution in [3.05, 3.63) is 78.4 Å². The molecule has 0 bridgehead atoms. The van der Waals surface area contributed by atoms with Gasteiger partial charge in [-0.3, -0.25) is 4.31 Å². The van der Waals surface area contributed by atoms with E-state index < -0.39 is 31.6 Å². The van der Waals surface area contributed by atoms with Crippen molar-refractivity contribution in [2.24, 2.45) is 5.92 Å². The SMILES string of the molecule is CC(C)CN(c1cccc(C(F)(F)F)c1)S(=O)(=O)c1ccc(-c2ccc(S(C)(=O)=O)cc2)cc1. The van der Waals surface area contributed by atoms with Crippen LogP contribution in [0, 0.1) is 5.92 Å². The Morgan fingerprint density at radius 1 is 0.794 bits per heavy atom. The lowest BCUT2D eigenvalue weighted by Crippen LogP contribution is -2.34. The molecule has 34 heavy (non-hydrogen) atoms. The molecule has 0 amide bonds. The molecule has 0 aliphatic heterocycles. The van der Waals surface area contributed by atoms with E-state index in [1.165, 1.54) is 36.4 Å². The van der Waals surface area contributed by atoms with E-state index in [-0.39, 0.29) is 27.9 Å². The molecule has 10 heteroatoms. The Balaban J connectivity index is 1.98. The summed E-state index contributed by atoms with van der Waals surface area (Å²) in [7, 11) is -7.49. The van der Waals surface area contributed by atoms with E-state index in [4.69, 9.17) is 0 Å². The van der Waals surface area contributed by atoms with Gasteiger partial charge in [0.1, 0.15) is 0 Å². The molecule has 0 saturated heterocycles. The van der Waals surface area contributed by atoms with Crippen molar-refractivity contribution in [3.63, 3.8) is 0 Å². The molecule has 3 aromatic rings. The third-order valence-corrected chi connectivity index (χ3v) is 7.99. The average molecular weight is 512 g/mol. The number of sulfonamides is 1. The highest BCUT2D eigenvalue weighted by molar-refractivity contribution is 7.92. The summed E-state index contributed by atoms with van der Waals surface area (Å²) in [5.41, 5.74) is 0.354. The molecule has 0 saturated carbocycles. The number of hydrogen-bond donors (Lipinski definition) is 0. The summed E-state index contributed by atoms with van der Waals surface area (Å²) in [4.78, 5) is 0.0999. The Kier molecular flexibility index (Phi) is 7.14. The highest BCUT2D eigenvalue weighted by atomic mass is 32.2. The van der Waals surface area contributed by atoms with Crippen molar-refractivity contribution in [1.82, 2.24) is 0 Å². The van der Waals surface area contributed by atoms with Crippen molar-refractivity contribution >= 4 is 25.5 Å². The van der Waals surface area contributed by atoms with E-state index in [0.717, 1.165) is 22.7 Å². The molecule has 0 heterocycles. The van der Waals surface area contributed by atoms with E-state index in [1.54, 1.807) is 38.1 Å². The van der Waals surface area contributed by atoms with Crippen LogP contribution in [0.15, 0.2) is 82.6 Å². The van der Waals surface area contributed by atoms with Crippen molar-refractivity contribution in [3.8, 4) is 11.1 Å². The number of hydrogen-bond acceptors (Lipinski definition) is 4. The van der Waals surface area contributed by atoms with E-state index in [9.17, 15) is 30.0 Å². The third-order valence-electron chi connectivity index (χ3n) is 5.05. The first kappa shape index (κ1) is 25.8. The van der Waals surface area contributed by atoms with Crippen LogP contribution in [0.3, 0.4) is 0 Å². The van der Waals surface area contributed by atoms with Gasteiger partial charge in [0, 0.05) is 12.8 Å². The largest absolute Gasteiger partial charge is 0.416 e. The van der Waals surface area contributed by atoms with Crippen LogP contribution in [0.4, 0.5) is 18.9 Å². The van der Waals surface area contributed by atoms with Crippen LogP contribution in [-0.2, 0) is 26.0 Å². The summed E-state index contributed by atoms with van der Waals surface area (Å²) in [5.74, 6) is -0.142. The number of rotatable bonds is 7. The van der Waals surface area contributed by atoms with Gasteiger partial charge in [-0.25, -0.2) is 16.8 Å². The average Bonchev–Trinajstić information content (AvgIpc) is 2.76. The van der Waals surface area contributed by atoms with Crippen molar-refractivity contribution in [2.75, 3.05) is 17.1 Å². The van der Waals surface area contributed by atoms with Crippen molar-refractivity contribution < 1.29 is 30.0 Å². The Labute approximate surface area is 197 Å². The third kappa shape index (κ3) is 5.79. The molecule has 0 spiro atoms. The molecule has 0 aromatic heterocycles. The second-order valence-corrected chi connectivity index (χ2v) is 12.2. The van der Waals surface area contributed by atoms with Gasteiger partial charge in [0.25, 0.3) is 10.0 Å². The maximum absolute atomic E-state index is 13.4. The van der Waals surface area contributed by atoms with Gasteiger partial charge < -0.3 is 0 Å². The fourth-order valence-electron chi connectivity index (χ4n) is 3.35. The van der Waals surface area contributed by atoms with Crippen LogP contribution >= 0.6 is 0 Å². The van der Waals surface area contributed by atoms with Crippen LogP contribution in [0.2, 0.25) is 0 Å². The topological polar surface area (TPSA) is 71.5 Å². The summed E-state index contributed by atoms with van der Waals surface area (Å²) >= 11 is 0. The zero-order valence-electron chi connectivity index (χ0n) is 18.7. The predicted octanol–water partition coefficient (Wildman–Crippen LogP) is 5.63. The predicted molar refractivity (Wildman–Crippen MR) is 126 cm³/mol. The van der Waals surface area contributed by atoms with Crippen LogP contribution in [-0.4, -0.2) is 29.6 Å². The molecule has 3 aromatic carbocycles. The van der Waals surface area contributed by atoms with E-state index in [1.807, 2.05) is 0 Å². The number of nitrogens with zero attached hydrogens (tertiary/aromatic N) is 1. The van der Waals surface area contributed by atoms with E-state index in [0.29, 0.717) is 11.1 Å². The lowest BCUT2D eigenvalue weighted by atomic mass is 10.1. The molecule has 182 valence electrons. The van der Waals surface area contributed by atoms with Gasteiger partial charge in [-0.2, -0.15) is 13.2 Å². The molecule has 5 nitrogen and oxygen atoms in total. The number of benzene rings is 3. The molecule has 0 radical (unpaired) electrons. The van der Waals surface area contributed by atoms with Crippen molar-refractivity contribution in [2.45, 2.75) is 29.8 Å². The lowest BCUT2D eigenvalue weighted by Gasteiger charge is -2.27. The van der Waals surface area contributed by atoms with Crippen molar-refractivity contribution in [1.29, 1.82) is 0 Å². The number of anilines is 1. The maximum atomic E-state index is 13.4. The minimum atomic E-state index is -4.60. The zero-order chi connectivity index (χ0) is 25.3. The highest BCUT2D eigenvalue weighted by Crippen LogP contribution is 2.34. The number of sulfone groups is 1. The minimum absolute atomic E-state index is 0.00164. The molecule has 0 N–H and O–H groups in total. The molecule has 0 atom stereocenters. The summed E-state index contributed by atoms with van der Waals surface area (Å²) in [6.07, 6.45) is -3.49. The Morgan fingerprint density at radius 3 is 1.74 bits per heavy atom. The molecule has 0 fully saturated rings. The summed E-state index contributed by atoms with van der Waals surface area (Å²) < 4.78 is 90.7. The van der Waals surface area contributed by atoms with Gasteiger partial charge in [0.15, 0.2) is 9.84 Å². The molecule has 0 aliphatic rings. The highest BCUT2D eigenvalue weighted by Gasteiger charge is 2.32. The van der Waals surface area contributed by atoms with Gasteiger partial charge in [0.2, 0.25) is 0 Å². The fourth-order valence-corrected chi connectivity index (χ4v) is 5.60. The second kappa shape index (κ2) is 9.42. The Hall–Kier alpha value is -2.85. The van der Waals surface area contributed by atoms with Gasteiger partial charge in [0.05, 0.1) is 21.0 Å². The first-order valence-electron chi connectivity index (χ1n) is 10.3. The zero-order valence-corrected chi connectivity index (χ0v) is 20.4. The first-order valence-corrected chi connectivity index (χ1v) is 13.6. The molecular formula is C24H24F3NO4S2. The van der Waals surface area contributed by atoms with Gasteiger partial charge >= 0.3 is 6.18 Å². The smallest absolute Gasteiger partial charge is 0.266 e. The Morgan fingerprint density at radius 2 is 1.29 bits per heavy atom.